The van der Waals surface area contributed by atoms with Crippen LogP contribution in [0.4, 0.5) is 5.69 Å². The zero-order valence-corrected chi connectivity index (χ0v) is 24.0. The molecule has 1 unspecified atom stereocenters. The van der Waals surface area contributed by atoms with Crippen molar-refractivity contribution >= 4 is 35.8 Å². The van der Waals surface area contributed by atoms with Gasteiger partial charge in [0, 0.05) is 37.9 Å². The van der Waals surface area contributed by atoms with Gasteiger partial charge in [0.05, 0.1) is 17.0 Å². The molecule has 3 aliphatic heterocycles. The number of rotatable bonds is 8. The van der Waals surface area contributed by atoms with Crippen molar-refractivity contribution in [3.05, 3.63) is 29.3 Å². The Hall–Kier alpha value is -3.27. The van der Waals surface area contributed by atoms with E-state index < -0.39 is 29.4 Å². The third-order valence-corrected chi connectivity index (χ3v) is 7.28. The highest BCUT2D eigenvalue weighted by molar-refractivity contribution is 6.23. The number of hydrogen-bond donors (Lipinski definition) is 1. The van der Waals surface area contributed by atoms with Crippen LogP contribution in [0.1, 0.15) is 87.9 Å². The number of anilines is 1. The molecule has 0 saturated carbocycles. The van der Waals surface area contributed by atoms with Crippen molar-refractivity contribution in [1.29, 1.82) is 0 Å². The van der Waals surface area contributed by atoms with Crippen LogP contribution >= 0.6 is 0 Å². The van der Waals surface area contributed by atoms with Crippen molar-refractivity contribution in [3.8, 4) is 0 Å². The number of carbonyl (C=O) groups is 5. The van der Waals surface area contributed by atoms with Crippen molar-refractivity contribution in [1.82, 2.24) is 15.1 Å². The number of hydrogen-bond acceptors (Lipinski definition) is 8. The first-order valence-corrected chi connectivity index (χ1v) is 14.0. The van der Waals surface area contributed by atoms with Gasteiger partial charge in [-0.1, -0.05) is 27.2 Å². The zero-order chi connectivity index (χ0) is 28.9. The summed E-state index contributed by atoms with van der Waals surface area (Å²) in [6, 6.07) is 4.60. The number of piperidine rings is 1. The van der Waals surface area contributed by atoms with Gasteiger partial charge in [-0.15, -0.1) is 0 Å². The fourth-order valence-corrected chi connectivity index (χ4v) is 5.37. The summed E-state index contributed by atoms with van der Waals surface area (Å²) in [6.45, 7) is 14.5. The molecule has 0 aliphatic carbocycles. The van der Waals surface area contributed by atoms with E-state index in [9.17, 15) is 24.0 Å². The van der Waals surface area contributed by atoms with Gasteiger partial charge < -0.3 is 9.64 Å². The highest BCUT2D eigenvalue weighted by Crippen LogP contribution is 2.33. The maximum atomic E-state index is 13.2. The summed E-state index contributed by atoms with van der Waals surface area (Å²) in [7, 11) is 0. The van der Waals surface area contributed by atoms with Crippen molar-refractivity contribution in [2.75, 3.05) is 31.1 Å². The Kier molecular flexibility index (Phi) is 9.88. The first kappa shape index (κ1) is 30.3. The summed E-state index contributed by atoms with van der Waals surface area (Å²) >= 11 is 0. The summed E-state index contributed by atoms with van der Waals surface area (Å²) in [5, 5.41) is 2.08. The van der Waals surface area contributed by atoms with Gasteiger partial charge in [0.2, 0.25) is 12.3 Å². The maximum Gasteiger partial charge on any atom is 0.312 e. The number of esters is 1. The number of benzene rings is 1. The maximum absolute atomic E-state index is 13.2. The fraction of sp³-hybridized carbons (Fsp3) is 0.621. The predicted molar refractivity (Wildman–Crippen MR) is 147 cm³/mol. The largest absolute Gasteiger partial charge is 0.460 e. The molecule has 0 aromatic heterocycles. The third-order valence-electron chi connectivity index (χ3n) is 7.28. The molecular formula is C29H42N4O6. The fourth-order valence-electron chi connectivity index (χ4n) is 5.37. The SMILES string of the molecule is CC.CCCC(C(=O)NC=O)N1C(=O)c2ccc(N3CCC(N4CC(C(=O)OC(C)(C)C)C4)CC3)cc2C1=O. The first-order chi connectivity index (χ1) is 18.5. The topological polar surface area (TPSA) is 116 Å². The molecule has 10 nitrogen and oxygen atoms in total. The molecule has 4 amide bonds. The lowest BCUT2D eigenvalue weighted by Gasteiger charge is -2.47. The average Bonchev–Trinajstić information content (AvgIpc) is 3.11. The Labute approximate surface area is 231 Å². The van der Waals surface area contributed by atoms with Crippen LogP contribution in [-0.2, 0) is 19.1 Å². The molecule has 0 bridgehead atoms. The number of likely N-dealkylation sites (tertiary alicyclic amines) is 1. The van der Waals surface area contributed by atoms with Crippen LogP contribution in [-0.4, -0.2) is 83.8 Å². The van der Waals surface area contributed by atoms with Crippen LogP contribution in [0.5, 0.6) is 0 Å². The van der Waals surface area contributed by atoms with Gasteiger partial charge in [-0.25, -0.2) is 0 Å². The molecule has 10 heteroatoms. The molecule has 1 aromatic rings. The van der Waals surface area contributed by atoms with Gasteiger partial charge in [-0.05, 0) is 58.2 Å². The summed E-state index contributed by atoms with van der Waals surface area (Å²) in [5.41, 5.74) is 0.949. The van der Waals surface area contributed by atoms with Gasteiger partial charge in [0.25, 0.3) is 11.8 Å². The third kappa shape index (κ3) is 6.66. The quantitative estimate of drug-likeness (QED) is 0.303. The molecule has 0 spiro atoms. The number of nitrogens with one attached hydrogen (secondary N) is 1. The molecule has 39 heavy (non-hydrogen) atoms. The Bertz CT molecular complexity index is 1080. The Morgan fingerprint density at radius 2 is 1.69 bits per heavy atom. The summed E-state index contributed by atoms with van der Waals surface area (Å²) < 4.78 is 5.50. The van der Waals surface area contributed by atoms with E-state index in [-0.39, 0.29) is 35.8 Å². The lowest BCUT2D eigenvalue weighted by Crippen LogP contribution is -2.58. The second kappa shape index (κ2) is 12.7. The van der Waals surface area contributed by atoms with Crippen molar-refractivity contribution in [3.63, 3.8) is 0 Å². The molecule has 1 aromatic carbocycles. The molecule has 2 saturated heterocycles. The van der Waals surface area contributed by atoms with Crippen LogP contribution in [0.25, 0.3) is 0 Å². The second-order valence-corrected chi connectivity index (χ2v) is 11.0. The summed E-state index contributed by atoms with van der Waals surface area (Å²) in [6.07, 6.45) is 2.97. The summed E-state index contributed by atoms with van der Waals surface area (Å²) in [5.74, 6) is -1.87. The zero-order valence-electron chi connectivity index (χ0n) is 24.0. The average molecular weight is 543 g/mol. The molecule has 214 valence electrons. The Morgan fingerprint density at radius 1 is 1.08 bits per heavy atom. The Morgan fingerprint density at radius 3 is 2.26 bits per heavy atom. The minimum atomic E-state index is -1.03. The number of imide groups is 2. The van der Waals surface area contributed by atoms with E-state index in [1.807, 2.05) is 47.6 Å². The summed E-state index contributed by atoms with van der Waals surface area (Å²) in [4.78, 5) is 67.2. The van der Waals surface area contributed by atoms with Crippen LogP contribution < -0.4 is 10.2 Å². The monoisotopic (exact) mass is 542 g/mol. The molecule has 0 radical (unpaired) electrons. The van der Waals surface area contributed by atoms with Gasteiger partial charge in [-0.2, -0.15) is 0 Å². The number of fused-ring (bicyclic) bond motifs is 1. The normalized spacial score (nSPS) is 19.0. The molecule has 3 heterocycles. The molecule has 1 N–H and O–H groups in total. The number of nitrogens with zero attached hydrogens (tertiary/aromatic N) is 3. The standard InChI is InChI=1S/C27H36N4O6.C2H6/c1-5-6-22(23(33)28-16-32)31-24(34)20-8-7-19(13-21(20)25(31)35)29-11-9-18(10-12-29)30-14-17(15-30)26(36)37-27(2,3)4;1-2/h7-8,13,16-18,22H,5-6,9-12,14-15H2,1-4H3,(H,28,32,33);1-2H3. The van der Waals surface area contributed by atoms with Crippen LogP contribution in [0, 0.1) is 5.92 Å². The molecule has 4 rings (SSSR count). The van der Waals surface area contributed by atoms with Gasteiger partial charge >= 0.3 is 5.97 Å². The van der Waals surface area contributed by atoms with E-state index in [0.29, 0.717) is 12.5 Å². The minimum absolute atomic E-state index is 0.0643. The van der Waals surface area contributed by atoms with Crippen LogP contribution in [0.2, 0.25) is 0 Å². The van der Waals surface area contributed by atoms with Crippen LogP contribution in [0.3, 0.4) is 0 Å². The molecule has 1 atom stereocenters. The van der Waals surface area contributed by atoms with E-state index in [1.165, 1.54) is 0 Å². The van der Waals surface area contributed by atoms with Crippen molar-refractivity contribution in [2.45, 2.75) is 84.9 Å². The lowest BCUT2D eigenvalue weighted by molar-refractivity contribution is -0.167. The minimum Gasteiger partial charge on any atom is -0.460 e. The van der Waals surface area contributed by atoms with E-state index >= 15 is 0 Å². The van der Waals surface area contributed by atoms with E-state index in [1.54, 1.807) is 12.1 Å². The van der Waals surface area contributed by atoms with Gasteiger partial charge in [-0.3, -0.25) is 39.1 Å². The second-order valence-electron chi connectivity index (χ2n) is 11.0. The lowest BCUT2D eigenvalue weighted by atomic mass is 9.93. The van der Waals surface area contributed by atoms with E-state index in [0.717, 1.165) is 49.6 Å². The Balaban J connectivity index is 0.00000205. The number of ether oxygens (including phenoxy) is 1. The van der Waals surface area contributed by atoms with Crippen LogP contribution in [0.15, 0.2) is 18.2 Å². The molecule has 2 fully saturated rings. The van der Waals surface area contributed by atoms with E-state index in [4.69, 9.17) is 4.74 Å². The van der Waals surface area contributed by atoms with Crippen molar-refractivity contribution < 1.29 is 28.7 Å². The highest BCUT2D eigenvalue weighted by atomic mass is 16.6. The van der Waals surface area contributed by atoms with Gasteiger partial charge in [0.1, 0.15) is 11.6 Å². The smallest absolute Gasteiger partial charge is 0.312 e. The first-order valence-electron chi connectivity index (χ1n) is 14.0. The van der Waals surface area contributed by atoms with Gasteiger partial charge in [0.15, 0.2) is 0 Å². The van der Waals surface area contributed by atoms with Crippen molar-refractivity contribution in [2.24, 2.45) is 5.92 Å². The number of amides is 4. The predicted octanol–water partition coefficient (Wildman–Crippen LogP) is 2.99. The van der Waals surface area contributed by atoms with E-state index in [2.05, 4.69) is 15.1 Å². The highest BCUT2D eigenvalue weighted by Gasteiger charge is 2.43. The molecular weight excluding hydrogens is 500 g/mol. The molecule has 3 aliphatic rings. The number of carbonyl (C=O) groups excluding carboxylic acids is 5.